The van der Waals surface area contributed by atoms with E-state index in [-0.39, 0.29) is 10.1 Å². The predicted molar refractivity (Wildman–Crippen MR) is 57.3 cm³/mol. The molecule has 2 unspecified atom stereocenters. The van der Waals surface area contributed by atoms with Crippen LogP contribution in [0.2, 0.25) is 0 Å². The van der Waals surface area contributed by atoms with Gasteiger partial charge in [-0.05, 0) is 6.42 Å². The molecule has 0 aromatic rings. The van der Waals surface area contributed by atoms with Crippen LogP contribution < -0.4 is 5.73 Å². The summed E-state index contributed by atoms with van der Waals surface area (Å²) in [6.45, 7) is 3.75. The van der Waals surface area contributed by atoms with E-state index in [1.807, 2.05) is 6.92 Å². The standard InChI is InChI=1S/C8H15IN2O/c1-2-7(12)8(9)11-4-3-6(10)5-11/h6,8H,2-5,10H2,1H3. The van der Waals surface area contributed by atoms with E-state index in [1.54, 1.807) is 0 Å². The van der Waals surface area contributed by atoms with E-state index < -0.39 is 0 Å². The summed E-state index contributed by atoms with van der Waals surface area (Å²) in [4.78, 5) is 13.5. The van der Waals surface area contributed by atoms with E-state index in [9.17, 15) is 4.79 Å². The van der Waals surface area contributed by atoms with Gasteiger partial charge in [0, 0.05) is 25.6 Å². The Balaban J connectivity index is 2.42. The molecule has 1 rings (SSSR count). The van der Waals surface area contributed by atoms with E-state index in [2.05, 4.69) is 27.5 Å². The summed E-state index contributed by atoms with van der Waals surface area (Å²) in [7, 11) is 0. The van der Waals surface area contributed by atoms with Crippen LogP contribution in [0.15, 0.2) is 0 Å². The molecule has 2 N–H and O–H groups in total. The lowest BCUT2D eigenvalue weighted by Crippen LogP contribution is -2.36. The summed E-state index contributed by atoms with van der Waals surface area (Å²) in [5.74, 6) is 0.310. The summed E-state index contributed by atoms with van der Waals surface area (Å²) in [5.41, 5.74) is 5.75. The first kappa shape index (κ1) is 10.4. The number of hydrogen-bond acceptors (Lipinski definition) is 3. The molecule has 0 aromatic heterocycles. The second-order valence-electron chi connectivity index (χ2n) is 3.20. The van der Waals surface area contributed by atoms with Crippen LogP contribution in [-0.4, -0.2) is 33.9 Å². The minimum Gasteiger partial charge on any atom is -0.326 e. The Kier molecular flexibility index (Phi) is 3.92. The first-order valence-electron chi connectivity index (χ1n) is 4.31. The van der Waals surface area contributed by atoms with Crippen molar-refractivity contribution in [3.05, 3.63) is 0 Å². The van der Waals surface area contributed by atoms with Crippen LogP contribution in [-0.2, 0) is 4.79 Å². The number of carbonyl (C=O) groups excluding carboxylic acids is 1. The van der Waals surface area contributed by atoms with Gasteiger partial charge in [-0.25, -0.2) is 0 Å². The summed E-state index contributed by atoms with van der Waals surface area (Å²) in [5, 5.41) is 0. The highest BCUT2D eigenvalue weighted by molar-refractivity contribution is 14.1. The molecule has 0 spiro atoms. The van der Waals surface area contributed by atoms with Crippen molar-refractivity contribution in [2.45, 2.75) is 29.9 Å². The number of nitrogens with zero attached hydrogens (tertiary/aromatic N) is 1. The molecule has 0 amide bonds. The molecular weight excluding hydrogens is 267 g/mol. The first-order valence-corrected chi connectivity index (χ1v) is 5.56. The van der Waals surface area contributed by atoms with E-state index in [0.717, 1.165) is 19.5 Å². The van der Waals surface area contributed by atoms with Crippen LogP contribution in [0.25, 0.3) is 0 Å². The Morgan fingerprint density at radius 2 is 2.50 bits per heavy atom. The number of rotatable bonds is 3. The summed E-state index contributed by atoms with van der Waals surface area (Å²) in [6, 6.07) is 0.270. The molecule has 0 aromatic carbocycles. The summed E-state index contributed by atoms with van der Waals surface area (Å²) < 4.78 is 0.0427. The smallest absolute Gasteiger partial charge is 0.159 e. The van der Waals surface area contributed by atoms with Crippen molar-refractivity contribution in [3.8, 4) is 0 Å². The summed E-state index contributed by atoms with van der Waals surface area (Å²) >= 11 is 2.20. The zero-order valence-corrected chi connectivity index (χ0v) is 9.45. The SMILES string of the molecule is CCC(=O)C(I)N1CCC(N)C1. The molecule has 1 heterocycles. The highest BCUT2D eigenvalue weighted by Crippen LogP contribution is 2.17. The zero-order chi connectivity index (χ0) is 9.14. The fourth-order valence-corrected chi connectivity index (χ4v) is 2.34. The van der Waals surface area contributed by atoms with Gasteiger partial charge in [0.1, 0.15) is 4.05 Å². The molecule has 1 saturated heterocycles. The average molecular weight is 282 g/mol. The Bertz CT molecular complexity index is 174. The van der Waals surface area contributed by atoms with Gasteiger partial charge in [-0.1, -0.05) is 29.5 Å². The van der Waals surface area contributed by atoms with E-state index >= 15 is 0 Å². The number of likely N-dealkylation sites (tertiary alicyclic amines) is 1. The maximum absolute atomic E-state index is 11.3. The van der Waals surface area contributed by atoms with Crippen molar-refractivity contribution in [2.75, 3.05) is 13.1 Å². The second-order valence-corrected chi connectivity index (χ2v) is 4.38. The lowest BCUT2D eigenvalue weighted by Gasteiger charge is -2.20. The van der Waals surface area contributed by atoms with Gasteiger partial charge in [-0.2, -0.15) is 0 Å². The third-order valence-electron chi connectivity index (χ3n) is 2.19. The molecule has 0 bridgehead atoms. The molecule has 12 heavy (non-hydrogen) atoms. The van der Waals surface area contributed by atoms with Crippen LogP contribution in [0.5, 0.6) is 0 Å². The van der Waals surface area contributed by atoms with Crippen molar-refractivity contribution >= 4 is 28.4 Å². The summed E-state index contributed by atoms with van der Waals surface area (Å²) in [6.07, 6.45) is 1.65. The normalized spacial score (nSPS) is 27.4. The third-order valence-corrected chi connectivity index (χ3v) is 3.67. The van der Waals surface area contributed by atoms with E-state index in [4.69, 9.17) is 5.73 Å². The number of alkyl halides is 1. The minimum absolute atomic E-state index is 0.0427. The molecule has 0 aliphatic carbocycles. The Labute approximate surface area is 86.8 Å². The fourth-order valence-electron chi connectivity index (χ4n) is 1.39. The highest BCUT2D eigenvalue weighted by Gasteiger charge is 2.27. The van der Waals surface area contributed by atoms with Crippen molar-refractivity contribution in [1.29, 1.82) is 0 Å². The molecular formula is C8H15IN2O. The van der Waals surface area contributed by atoms with E-state index in [0.29, 0.717) is 12.2 Å². The van der Waals surface area contributed by atoms with Crippen LogP contribution in [0.4, 0.5) is 0 Å². The van der Waals surface area contributed by atoms with Crippen LogP contribution in [0, 0.1) is 0 Å². The largest absolute Gasteiger partial charge is 0.326 e. The quantitative estimate of drug-likeness (QED) is 0.472. The van der Waals surface area contributed by atoms with Gasteiger partial charge in [-0.15, -0.1) is 0 Å². The van der Waals surface area contributed by atoms with Gasteiger partial charge in [0.05, 0.1) is 0 Å². The van der Waals surface area contributed by atoms with E-state index in [1.165, 1.54) is 0 Å². The molecule has 70 valence electrons. The highest BCUT2D eigenvalue weighted by atomic mass is 127. The van der Waals surface area contributed by atoms with Crippen molar-refractivity contribution < 1.29 is 4.79 Å². The number of Topliss-reactive ketones (excluding diaryl/α,β-unsaturated/α-hetero) is 1. The molecule has 0 saturated carbocycles. The van der Waals surface area contributed by atoms with Crippen molar-refractivity contribution in [2.24, 2.45) is 5.73 Å². The Morgan fingerprint density at radius 1 is 1.83 bits per heavy atom. The number of hydrogen-bond donors (Lipinski definition) is 1. The number of nitrogens with two attached hydrogens (primary N) is 1. The number of ketones is 1. The molecule has 3 nitrogen and oxygen atoms in total. The monoisotopic (exact) mass is 282 g/mol. The molecule has 1 aliphatic rings. The third kappa shape index (κ3) is 2.40. The van der Waals surface area contributed by atoms with Gasteiger partial charge in [0.25, 0.3) is 0 Å². The van der Waals surface area contributed by atoms with Gasteiger partial charge in [0.15, 0.2) is 5.78 Å². The lowest BCUT2D eigenvalue weighted by atomic mass is 10.3. The van der Waals surface area contributed by atoms with Gasteiger partial charge in [-0.3, -0.25) is 9.69 Å². The molecule has 1 fully saturated rings. The van der Waals surface area contributed by atoms with Crippen molar-refractivity contribution in [1.82, 2.24) is 4.90 Å². The molecule has 0 radical (unpaired) electrons. The van der Waals surface area contributed by atoms with Crippen molar-refractivity contribution in [3.63, 3.8) is 0 Å². The molecule has 4 heteroatoms. The fraction of sp³-hybridized carbons (Fsp3) is 0.875. The first-order chi connectivity index (χ1) is 5.65. The van der Waals surface area contributed by atoms with Gasteiger partial charge >= 0.3 is 0 Å². The second kappa shape index (κ2) is 4.53. The zero-order valence-electron chi connectivity index (χ0n) is 7.29. The lowest BCUT2D eigenvalue weighted by molar-refractivity contribution is -0.120. The minimum atomic E-state index is 0.0427. The Hall–Kier alpha value is 0.320. The Morgan fingerprint density at radius 3 is 2.92 bits per heavy atom. The topological polar surface area (TPSA) is 46.3 Å². The molecule has 1 aliphatic heterocycles. The molecule has 2 atom stereocenters. The van der Waals surface area contributed by atoms with Crippen LogP contribution in [0.1, 0.15) is 19.8 Å². The number of halogens is 1. The average Bonchev–Trinajstić information content (AvgIpc) is 2.49. The predicted octanol–water partition coefficient (Wildman–Crippen LogP) is 0.760. The maximum atomic E-state index is 11.3. The van der Waals surface area contributed by atoms with Gasteiger partial charge < -0.3 is 5.73 Å². The number of carbonyl (C=O) groups is 1. The van der Waals surface area contributed by atoms with Crippen LogP contribution in [0.3, 0.4) is 0 Å². The van der Waals surface area contributed by atoms with Crippen LogP contribution >= 0.6 is 22.6 Å². The van der Waals surface area contributed by atoms with Gasteiger partial charge in [0.2, 0.25) is 0 Å². The maximum Gasteiger partial charge on any atom is 0.159 e.